The Kier molecular flexibility index (Phi) is 3.38. The van der Waals surface area contributed by atoms with Crippen LogP contribution in [-0.4, -0.2) is 26.9 Å². The molecule has 1 rings (SSSR count). The van der Waals surface area contributed by atoms with Crippen molar-refractivity contribution < 1.29 is 5.11 Å². The van der Waals surface area contributed by atoms with Gasteiger partial charge in [-0.1, -0.05) is 30.3 Å². The fraction of sp³-hybridized carbons (Fsp3) is 0.250. The van der Waals surface area contributed by atoms with Gasteiger partial charge in [-0.25, -0.2) is 0 Å². The van der Waals surface area contributed by atoms with Crippen LogP contribution in [0.3, 0.4) is 0 Å². The molecule has 0 radical (unpaired) electrons. The molecule has 1 aromatic carbocycles. The standard InChI is InChI=1S/C8H13B2NO/c9-8(11-10)7(12)6-4-2-1-3-5-6/h1-5,7-8,11-12H,9-10H2. The molecule has 2 atom stereocenters. The van der Waals surface area contributed by atoms with Gasteiger partial charge >= 0.3 is 0 Å². The molecule has 0 bridgehead atoms. The van der Waals surface area contributed by atoms with Crippen molar-refractivity contribution in [3.8, 4) is 0 Å². The van der Waals surface area contributed by atoms with Gasteiger partial charge in [0.15, 0.2) is 7.98 Å². The highest BCUT2D eigenvalue weighted by atomic mass is 16.3. The van der Waals surface area contributed by atoms with Gasteiger partial charge in [0.1, 0.15) is 7.85 Å². The van der Waals surface area contributed by atoms with Gasteiger partial charge in [-0.3, -0.25) is 0 Å². The van der Waals surface area contributed by atoms with Crippen molar-refractivity contribution in [3.63, 3.8) is 0 Å². The zero-order chi connectivity index (χ0) is 8.97. The van der Waals surface area contributed by atoms with Crippen LogP contribution in [-0.2, 0) is 0 Å². The van der Waals surface area contributed by atoms with E-state index in [1.165, 1.54) is 0 Å². The van der Waals surface area contributed by atoms with Gasteiger partial charge < -0.3 is 10.3 Å². The number of aliphatic hydroxyl groups is 1. The smallest absolute Gasteiger partial charge is 0.181 e. The number of hydrogen-bond acceptors (Lipinski definition) is 2. The number of rotatable bonds is 3. The summed E-state index contributed by atoms with van der Waals surface area (Å²) in [6.07, 6.45) is -0.420. The van der Waals surface area contributed by atoms with E-state index in [0.29, 0.717) is 0 Å². The van der Waals surface area contributed by atoms with Crippen LogP contribution in [0.25, 0.3) is 0 Å². The quantitative estimate of drug-likeness (QED) is 0.546. The molecule has 0 aliphatic heterocycles. The summed E-state index contributed by atoms with van der Waals surface area (Å²) in [6, 6.07) is 9.67. The molecule has 0 heterocycles. The van der Waals surface area contributed by atoms with Gasteiger partial charge in [0, 0.05) is 0 Å². The second kappa shape index (κ2) is 4.33. The Morgan fingerprint density at radius 1 is 1.25 bits per heavy atom. The maximum absolute atomic E-state index is 9.73. The van der Waals surface area contributed by atoms with E-state index in [1.807, 2.05) is 46.2 Å². The Bertz CT molecular complexity index is 230. The second-order valence-corrected chi connectivity index (χ2v) is 2.93. The van der Waals surface area contributed by atoms with Crippen molar-refractivity contribution in [1.29, 1.82) is 0 Å². The Morgan fingerprint density at radius 2 is 1.83 bits per heavy atom. The van der Waals surface area contributed by atoms with Crippen LogP contribution in [0.5, 0.6) is 0 Å². The maximum atomic E-state index is 9.73. The molecule has 0 aromatic heterocycles. The van der Waals surface area contributed by atoms with E-state index < -0.39 is 6.10 Å². The zero-order valence-electron chi connectivity index (χ0n) is 7.49. The van der Waals surface area contributed by atoms with E-state index in [9.17, 15) is 5.11 Å². The molecule has 0 saturated heterocycles. The summed E-state index contributed by atoms with van der Waals surface area (Å²) in [5, 5.41) is 12.7. The van der Waals surface area contributed by atoms with Crippen molar-refractivity contribution in [3.05, 3.63) is 35.9 Å². The molecule has 0 fully saturated rings. The molecule has 12 heavy (non-hydrogen) atoms. The monoisotopic (exact) mass is 161 g/mol. The third-order valence-corrected chi connectivity index (χ3v) is 2.07. The molecule has 2 N–H and O–H groups in total. The molecular formula is C8H13B2NO. The third-order valence-electron chi connectivity index (χ3n) is 2.07. The first kappa shape index (κ1) is 9.36. The van der Waals surface area contributed by atoms with Crippen LogP contribution in [0.4, 0.5) is 0 Å². The van der Waals surface area contributed by atoms with Crippen molar-refractivity contribution in [2.24, 2.45) is 0 Å². The molecule has 0 aliphatic carbocycles. The first-order valence-corrected chi connectivity index (χ1v) is 4.16. The van der Waals surface area contributed by atoms with Gasteiger partial charge in [-0.2, -0.15) is 0 Å². The van der Waals surface area contributed by atoms with E-state index in [2.05, 4.69) is 5.23 Å². The predicted octanol–water partition coefficient (Wildman–Crippen LogP) is -1.18. The zero-order valence-corrected chi connectivity index (χ0v) is 7.49. The van der Waals surface area contributed by atoms with Crippen molar-refractivity contribution >= 4 is 15.8 Å². The summed E-state index contributed by atoms with van der Waals surface area (Å²) in [5.41, 5.74) is 0.958. The number of benzene rings is 1. The van der Waals surface area contributed by atoms with Gasteiger partial charge in [0.05, 0.1) is 6.10 Å². The van der Waals surface area contributed by atoms with Gasteiger partial charge in [-0.15, -0.1) is 0 Å². The fourth-order valence-corrected chi connectivity index (χ4v) is 1.10. The first-order chi connectivity index (χ1) is 5.75. The summed E-state index contributed by atoms with van der Waals surface area (Å²) in [6.45, 7) is 0. The highest BCUT2D eigenvalue weighted by Crippen LogP contribution is 2.13. The largest absolute Gasteiger partial charge is 0.388 e. The van der Waals surface area contributed by atoms with Crippen molar-refractivity contribution in [2.75, 3.05) is 0 Å². The molecular weight excluding hydrogens is 148 g/mol. The maximum Gasteiger partial charge on any atom is 0.181 e. The minimum Gasteiger partial charge on any atom is -0.388 e. The summed E-state index contributed by atoms with van der Waals surface area (Å²) < 4.78 is 0. The van der Waals surface area contributed by atoms with Crippen LogP contribution in [0.2, 0.25) is 0 Å². The lowest BCUT2D eigenvalue weighted by Gasteiger charge is -2.18. The first-order valence-electron chi connectivity index (χ1n) is 4.16. The summed E-state index contributed by atoms with van der Waals surface area (Å²) >= 11 is 0. The number of aliphatic hydroxyl groups excluding tert-OH is 1. The molecule has 0 saturated carbocycles. The Labute approximate surface area is 74.8 Å². The van der Waals surface area contributed by atoms with Crippen LogP contribution in [0, 0.1) is 0 Å². The van der Waals surface area contributed by atoms with Crippen LogP contribution >= 0.6 is 0 Å². The molecule has 4 heteroatoms. The molecule has 1 aromatic rings. The highest BCUT2D eigenvalue weighted by molar-refractivity contribution is 6.17. The van der Waals surface area contributed by atoms with E-state index >= 15 is 0 Å². The summed E-state index contributed by atoms with van der Waals surface area (Å²) in [5.74, 6) is 0.0902. The third kappa shape index (κ3) is 2.13. The lowest BCUT2D eigenvalue weighted by Crippen LogP contribution is -2.33. The van der Waals surface area contributed by atoms with E-state index in [0.717, 1.165) is 5.56 Å². The lowest BCUT2D eigenvalue weighted by molar-refractivity contribution is 0.168. The van der Waals surface area contributed by atoms with E-state index in [1.54, 1.807) is 0 Å². The normalized spacial score (nSPS) is 15.4. The van der Waals surface area contributed by atoms with Gasteiger partial charge in [0.2, 0.25) is 0 Å². The lowest BCUT2D eigenvalue weighted by atomic mass is 9.86. The minimum atomic E-state index is -0.420. The van der Waals surface area contributed by atoms with Crippen LogP contribution < -0.4 is 5.23 Å². The molecule has 62 valence electrons. The van der Waals surface area contributed by atoms with Crippen LogP contribution in [0.1, 0.15) is 11.7 Å². The number of hydrogen-bond donors (Lipinski definition) is 2. The molecule has 0 aliphatic rings. The molecule has 0 amide bonds. The fourth-order valence-electron chi connectivity index (χ4n) is 1.10. The summed E-state index contributed by atoms with van der Waals surface area (Å²) in [4.78, 5) is 0. The SMILES string of the molecule is BNC(B)C(O)c1ccccc1. The number of nitrogens with one attached hydrogen (secondary N) is 1. The van der Waals surface area contributed by atoms with E-state index in [-0.39, 0.29) is 5.94 Å². The topological polar surface area (TPSA) is 32.3 Å². The Hall–Kier alpha value is -0.730. The van der Waals surface area contributed by atoms with E-state index in [4.69, 9.17) is 0 Å². The average Bonchev–Trinajstić information content (AvgIpc) is 2.17. The highest BCUT2D eigenvalue weighted by Gasteiger charge is 2.12. The minimum absolute atomic E-state index is 0.0902. The average molecular weight is 161 g/mol. The molecule has 0 spiro atoms. The van der Waals surface area contributed by atoms with Gasteiger partial charge in [-0.05, 0) is 11.5 Å². The van der Waals surface area contributed by atoms with Crippen LogP contribution in [0.15, 0.2) is 30.3 Å². The van der Waals surface area contributed by atoms with Crippen molar-refractivity contribution in [1.82, 2.24) is 5.23 Å². The Morgan fingerprint density at radius 3 is 2.33 bits per heavy atom. The second-order valence-electron chi connectivity index (χ2n) is 2.93. The molecule has 2 nitrogen and oxygen atoms in total. The van der Waals surface area contributed by atoms with Gasteiger partial charge in [0.25, 0.3) is 0 Å². The summed E-state index contributed by atoms with van der Waals surface area (Å²) in [7, 11) is 3.80. The van der Waals surface area contributed by atoms with Crippen molar-refractivity contribution in [2.45, 2.75) is 12.0 Å². The Balaban J connectivity index is 2.71. The predicted molar refractivity (Wildman–Crippen MR) is 55.4 cm³/mol. The molecule has 2 unspecified atom stereocenters.